The van der Waals surface area contributed by atoms with Crippen molar-refractivity contribution in [2.24, 2.45) is 35.5 Å². The van der Waals surface area contributed by atoms with Crippen molar-refractivity contribution in [3.8, 4) is 0 Å². The predicted octanol–water partition coefficient (Wildman–Crippen LogP) is 3.26. The second-order valence-corrected chi connectivity index (χ2v) is 6.70. The van der Waals surface area contributed by atoms with E-state index in [0.29, 0.717) is 12.5 Å². The van der Waals surface area contributed by atoms with Crippen LogP contribution in [-0.4, -0.2) is 12.6 Å². The van der Waals surface area contributed by atoms with Gasteiger partial charge in [0.1, 0.15) is 0 Å². The third-order valence-corrected chi connectivity index (χ3v) is 5.48. The Morgan fingerprint density at radius 1 is 1.18 bits per heavy atom. The summed E-state index contributed by atoms with van der Waals surface area (Å²) in [5.74, 6) is 4.56. The first-order chi connectivity index (χ1) is 8.16. The lowest BCUT2D eigenvalue weighted by Gasteiger charge is -2.31. The quantitative estimate of drug-likeness (QED) is 0.703. The smallest absolute Gasteiger partial charge is 0.308 e. The van der Waals surface area contributed by atoms with E-state index in [1.54, 1.807) is 0 Å². The van der Waals surface area contributed by atoms with Crippen molar-refractivity contribution in [3.63, 3.8) is 0 Å². The maximum Gasteiger partial charge on any atom is 0.308 e. The van der Waals surface area contributed by atoms with Gasteiger partial charge in [-0.3, -0.25) is 4.79 Å². The highest BCUT2D eigenvalue weighted by atomic mass is 16.5. The Kier molecular flexibility index (Phi) is 2.92. The van der Waals surface area contributed by atoms with Crippen molar-refractivity contribution in [1.82, 2.24) is 0 Å². The Balaban J connectivity index is 1.55. The molecule has 3 fully saturated rings. The summed E-state index contributed by atoms with van der Waals surface area (Å²) in [6.45, 7) is 4.52. The zero-order valence-corrected chi connectivity index (χ0v) is 11.0. The first kappa shape index (κ1) is 11.6. The molecule has 3 saturated carbocycles. The Hall–Kier alpha value is -0.530. The lowest BCUT2D eigenvalue weighted by Crippen LogP contribution is -2.28. The molecule has 0 aromatic carbocycles. The highest BCUT2D eigenvalue weighted by Gasteiger charge is 2.53. The van der Waals surface area contributed by atoms with Gasteiger partial charge in [-0.2, -0.15) is 0 Å². The van der Waals surface area contributed by atoms with Gasteiger partial charge in [0.25, 0.3) is 0 Å². The summed E-state index contributed by atoms with van der Waals surface area (Å²) in [4.78, 5) is 11.5. The average Bonchev–Trinajstić information content (AvgIpc) is 2.96. The molecular formula is C15H24O2. The fourth-order valence-electron chi connectivity index (χ4n) is 4.76. The van der Waals surface area contributed by atoms with Gasteiger partial charge in [0.2, 0.25) is 0 Å². The number of esters is 1. The summed E-state index contributed by atoms with van der Waals surface area (Å²) in [5.41, 5.74) is 0. The van der Waals surface area contributed by atoms with Crippen LogP contribution in [0.25, 0.3) is 0 Å². The topological polar surface area (TPSA) is 26.3 Å². The first-order valence-corrected chi connectivity index (χ1v) is 7.33. The molecule has 0 aliphatic heterocycles. The molecule has 0 spiro atoms. The van der Waals surface area contributed by atoms with E-state index in [9.17, 15) is 4.79 Å². The minimum absolute atomic E-state index is 0.0178. The van der Waals surface area contributed by atoms with Crippen LogP contribution in [0.4, 0.5) is 0 Å². The summed E-state index contributed by atoms with van der Waals surface area (Å²) in [6.07, 6.45) is 7.13. The molecule has 3 rings (SSSR count). The van der Waals surface area contributed by atoms with Crippen molar-refractivity contribution < 1.29 is 9.53 Å². The van der Waals surface area contributed by atoms with Crippen LogP contribution in [0, 0.1) is 35.5 Å². The fourth-order valence-corrected chi connectivity index (χ4v) is 4.76. The number of ether oxygens (including phenoxy) is 1. The van der Waals surface area contributed by atoms with E-state index in [1.165, 1.54) is 32.1 Å². The second-order valence-electron chi connectivity index (χ2n) is 6.70. The molecule has 3 aliphatic carbocycles. The summed E-state index contributed by atoms with van der Waals surface area (Å²) < 4.78 is 5.45. The second kappa shape index (κ2) is 4.29. The molecule has 0 aromatic rings. The van der Waals surface area contributed by atoms with Gasteiger partial charge in [-0.1, -0.05) is 20.3 Å². The van der Waals surface area contributed by atoms with E-state index >= 15 is 0 Å². The number of carbonyl (C=O) groups excluding carboxylic acids is 1. The third-order valence-electron chi connectivity index (χ3n) is 5.48. The minimum Gasteiger partial charge on any atom is -0.465 e. The van der Waals surface area contributed by atoms with Crippen LogP contribution in [0.15, 0.2) is 0 Å². The average molecular weight is 236 g/mol. The first-order valence-electron chi connectivity index (χ1n) is 7.33. The molecule has 0 radical (unpaired) electrons. The van der Waals surface area contributed by atoms with E-state index in [1.807, 2.05) is 13.8 Å². The van der Waals surface area contributed by atoms with Crippen LogP contribution in [0.3, 0.4) is 0 Å². The molecule has 0 unspecified atom stereocenters. The molecule has 2 nitrogen and oxygen atoms in total. The number of hydrogen-bond donors (Lipinski definition) is 0. The molecule has 0 saturated heterocycles. The molecular weight excluding hydrogens is 212 g/mol. The SMILES string of the molecule is CC(C)C(=O)OC[C@@H]1C[C@H]2C[C@H]1[C@H]1CCC[C@@H]21. The molecule has 2 heteroatoms. The summed E-state index contributed by atoms with van der Waals surface area (Å²) in [6, 6.07) is 0. The summed E-state index contributed by atoms with van der Waals surface area (Å²) >= 11 is 0. The van der Waals surface area contributed by atoms with Gasteiger partial charge in [-0.25, -0.2) is 0 Å². The van der Waals surface area contributed by atoms with Crippen LogP contribution >= 0.6 is 0 Å². The van der Waals surface area contributed by atoms with E-state index in [2.05, 4.69) is 0 Å². The zero-order chi connectivity index (χ0) is 12.0. The van der Waals surface area contributed by atoms with Crippen LogP contribution in [0.2, 0.25) is 0 Å². The van der Waals surface area contributed by atoms with Crippen LogP contribution in [-0.2, 0) is 9.53 Å². The monoisotopic (exact) mass is 236 g/mol. The minimum atomic E-state index is -0.0178. The van der Waals surface area contributed by atoms with E-state index in [0.717, 1.165) is 23.7 Å². The van der Waals surface area contributed by atoms with Gasteiger partial charge in [-0.15, -0.1) is 0 Å². The van der Waals surface area contributed by atoms with Crippen molar-refractivity contribution in [1.29, 1.82) is 0 Å². The van der Waals surface area contributed by atoms with Crippen molar-refractivity contribution >= 4 is 5.97 Å². The standard InChI is InChI=1S/C15H24O2/c1-9(2)15(16)17-8-11-6-10-7-14(11)13-5-3-4-12(10)13/h9-14H,3-8H2,1-2H3/t10-,11-,12-,13-,14+/m0/s1. The van der Waals surface area contributed by atoms with Gasteiger partial charge in [0.15, 0.2) is 0 Å². The molecule has 17 heavy (non-hydrogen) atoms. The lowest BCUT2D eigenvalue weighted by molar-refractivity contribution is -0.149. The predicted molar refractivity (Wildman–Crippen MR) is 66.3 cm³/mol. The number of carbonyl (C=O) groups is 1. The number of fused-ring (bicyclic) bond motifs is 5. The molecule has 2 bridgehead atoms. The van der Waals surface area contributed by atoms with E-state index in [4.69, 9.17) is 4.74 Å². The van der Waals surface area contributed by atoms with Gasteiger partial charge in [0, 0.05) is 0 Å². The van der Waals surface area contributed by atoms with E-state index in [-0.39, 0.29) is 11.9 Å². The normalized spacial score (nSPS) is 43.1. The summed E-state index contributed by atoms with van der Waals surface area (Å²) in [7, 11) is 0. The third kappa shape index (κ3) is 1.90. The Bertz CT molecular complexity index is 310. The van der Waals surface area contributed by atoms with Crippen LogP contribution in [0.5, 0.6) is 0 Å². The maximum absolute atomic E-state index is 11.5. The van der Waals surface area contributed by atoms with Crippen LogP contribution in [0.1, 0.15) is 46.0 Å². The van der Waals surface area contributed by atoms with Gasteiger partial charge in [0.05, 0.1) is 12.5 Å². The largest absolute Gasteiger partial charge is 0.465 e. The Morgan fingerprint density at radius 2 is 1.94 bits per heavy atom. The fraction of sp³-hybridized carbons (Fsp3) is 0.933. The zero-order valence-electron chi connectivity index (χ0n) is 11.0. The van der Waals surface area contributed by atoms with Crippen molar-refractivity contribution in [2.75, 3.05) is 6.61 Å². The molecule has 0 aromatic heterocycles. The van der Waals surface area contributed by atoms with Gasteiger partial charge >= 0.3 is 5.97 Å². The maximum atomic E-state index is 11.5. The van der Waals surface area contributed by atoms with E-state index < -0.39 is 0 Å². The van der Waals surface area contributed by atoms with Crippen molar-refractivity contribution in [3.05, 3.63) is 0 Å². The van der Waals surface area contributed by atoms with Crippen LogP contribution < -0.4 is 0 Å². The van der Waals surface area contributed by atoms with Gasteiger partial charge < -0.3 is 4.74 Å². The molecule has 0 amide bonds. The molecule has 3 aliphatic rings. The van der Waals surface area contributed by atoms with Crippen molar-refractivity contribution in [2.45, 2.75) is 46.0 Å². The van der Waals surface area contributed by atoms with Gasteiger partial charge in [-0.05, 0) is 55.3 Å². The highest BCUT2D eigenvalue weighted by Crippen LogP contribution is 2.60. The molecule has 0 heterocycles. The molecule has 96 valence electrons. The highest BCUT2D eigenvalue weighted by molar-refractivity contribution is 5.71. The Morgan fingerprint density at radius 3 is 2.71 bits per heavy atom. The summed E-state index contributed by atoms with van der Waals surface area (Å²) in [5, 5.41) is 0. The Labute approximate surface area is 104 Å². The number of hydrogen-bond acceptors (Lipinski definition) is 2. The molecule has 0 N–H and O–H groups in total. The number of rotatable bonds is 3. The molecule has 5 atom stereocenters. The lowest BCUT2D eigenvalue weighted by atomic mass is 9.76.